The second-order valence-electron chi connectivity index (χ2n) is 5.19. The third kappa shape index (κ3) is 3.95. The van der Waals surface area contributed by atoms with Gasteiger partial charge in [-0.3, -0.25) is 4.21 Å². The van der Waals surface area contributed by atoms with Gasteiger partial charge in [0.05, 0.1) is 30.2 Å². The maximum Gasteiger partial charge on any atom is 0.120 e. The average molecular weight is 305 g/mol. The maximum atomic E-state index is 12.3. The quantitative estimate of drug-likeness (QED) is 0.854. The molecule has 1 aliphatic rings. The van der Waals surface area contributed by atoms with E-state index in [2.05, 4.69) is 5.32 Å². The van der Waals surface area contributed by atoms with E-state index in [1.165, 1.54) is 12.8 Å². The first kappa shape index (κ1) is 14.4. The number of nitrogens with one attached hydrogen (secondary N) is 1. The Morgan fingerprint density at radius 2 is 2.10 bits per heavy atom. The van der Waals surface area contributed by atoms with E-state index < -0.39 is 10.8 Å². The van der Waals surface area contributed by atoms with Crippen molar-refractivity contribution in [3.63, 3.8) is 0 Å². The van der Waals surface area contributed by atoms with Crippen molar-refractivity contribution in [2.75, 3.05) is 7.11 Å². The van der Waals surface area contributed by atoms with E-state index in [9.17, 15) is 4.21 Å². The van der Waals surface area contributed by atoms with Gasteiger partial charge in [0.2, 0.25) is 0 Å². The van der Waals surface area contributed by atoms with Gasteiger partial charge in [-0.2, -0.15) is 0 Å². The van der Waals surface area contributed by atoms with E-state index >= 15 is 0 Å². The van der Waals surface area contributed by atoms with Crippen molar-refractivity contribution in [1.29, 1.82) is 0 Å². The summed E-state index contributed by atoms with van der Waals surface area (Å²) in [6, 6.07) is 11.8. The number of ether oxygens (including phenoxy) is 1. The Morgan fingerprint density at radius 1 is 1.29 bits per heavy atom. The van der Waals surface area contributed by atoms with Gasteiger partial charge >= 0.3 is 0 Å². The van der Waals surface area contributed by atoms with Crippen molar-refractivity contribution in [2.24, 2.45) is 0 Å². The van der Waals surface area contributed by atoms with Gasteiger partial charge in [0, 0.05) is 10.9 Å². The molecule has 0 spiro atoms. The monoisotopic (exact) mass is 305 g/mol. The van der Waals surface area contributed by atoms with Crippen LogP contribution in [0.15, 0.2) is 45.7 Å². The number of rotatable bonds is 7. The van der Waals surface area contributed by atoms with Crippen molar-refractivity contribution < 1.29 is 13.4 Å². The average Bonchev–Trinajstić information content (AvgIpc) is 3.24. The van der Waals surface area contributed by atoms with Gasteiger partial charge in [0.15, 0.2) is 0 Å². The maximum absolute atomic E-state index is 12.3. The molecule has 0 saturated heterocycles. The Hall–Kier alpha value is -1.59. The van der Waals surface area contributed by atoms with Gasteiger partial charge in [-0.15, -0.1) is 0 Å². The minimum Gasteiger partial charge on any atom is -0.497 e. The summed E-state index contributed by atoms with van der Waals surface area (Å²) in [5.74, 6) is 2.76. The molecule has 1 fully saturated rings. The van der Waals surface area contributed by atoms with Crippen molar-refractivity contribution in [3.05, 3.63) is 47.9 Å². The molecule has 1 heterocycles. The lowest BCUT2D eigenvalue weighted by molar-refractivity contribution is 0.413. The minimum absolute atomic E-state index is 0.386. The molecular formula is C16H19NO3S. The summed E-state index contributed by atoms with van der Waals surface area (Å²) in [6.07, 6.45) is 2.51. The van der Waals surface area contributed by atoms with E-state index in [1.54, 1.807) is 13.2 Å². The third-order valence-electron chi connectivity index (χ3n) is 3.44. The van der Waals surface area contributed by atoms with Crippen LogP contribution in [0.25, 0.3) is 0 Å². The molecule has 3 rings (SSSR count). The zero-order valence-corrected chi connectivity index (χ0v) is 12.8. The van der Waals surface area contributed by atoms with Crippen molar-refractivity contribution in [3.8, 4) is 5.75 Å². The highest BCUT2D eigenvalue weighted by Crippen LogP contribution is 2.21. The number of benzene rings is 1. The molecule has 1 saturated carbocycles. The van der Waals surface area contributed by atoms with Gasteiger partial charge in [-0.25, -0.2) is 0 Å². The molecule has 1 aromatic carbocycles. The summed E-state index contributed by atoms with van der Waals surface area (Å²) >= 11 is 0. The fraction of sp³-hybridized carbons (Fsp3) is 0.375. The van der Waals surface area contributed by atoms with Gasteiger partial charge in [0.1, 0.15) is 17.3 Å². The lowest BCUT2D eigenvalue weighted by Gasteiger charge is -2.04. The summed E-state index contributed by atoms with van der Waals surface area (Å²) in [7, 11) is 0.477. The van der Waals surface area contributed by atoms with Crippen LogP contribution < -0.4 is 10.1 Å². The fourth-order valence-electron chi connectivity index (χ4n) is 2.08. The van der Waals surface area contributed by atoms with Crippen LogP contribution in [-0.2, 0) is 23.1 Å². The van der Waals surface area contributed by atoms with E-state index in [1.807, 2.05) is 30.3 Å². The van der Waals surface area contributed by atoms with Crippen LogP contribution in [0.1, 0.15) is 24.4 Å². The summed E-state index contributed by atoms with van der Waals surface area (Å²) in [5.41, 5.74) is 0. The second kappa shape index (κ2) is 6.45. The Balaban J connectivity index is 1.60. The molecule has 112 valence electrons. The fourth-order valence-corrected chi connectivity index (χ4v) is 3.14. The molecule has 0 aliphatic heterocycles. The smallest absolute Gasteiger partial charge is 0.120 e. The van der Waals surface area contributed by atoms with Crippen LogP contribution in [0.4, 0.5) is 0 Å². The number of hydrogen-bond acceptors (Lipinski definition) is 4. The van der Waals surface area contributed by atoms with E-state index in [0.29, 0.717) is 11.8 Å². The first-order valence-electron chi connectivity index (χ1n) is 7.08. The van der Waals surface area contributed by atoms with E-state index in [0.717, 1.165) is 28.7 Å². The van der Waals surface area contributed by atoms with Crippen molar-refractivity contribution in [2.45, 2.75) is 36.1 Å². The Bertz CT molecular complexity index is 634. The number of methoxy groups -OCH3 is 1. The SMILES string of the molecule is COc1cccc(S(=O)Cc2ccc(CNC3CC3)o2)c1. The first-order chi connectivity index (χ1) is 10.2. The lowest BCUT2D eigenvalue weighted by Crippen LogP contribution is -2.14. The van der Waals surface area contributed by atoms with Gasteiger partial charge in [0.25, 0.3) is 0 Å². The molecule has 0 bridgehead atoms. The standard InChI is InChI=1S/C16H19NO3S/c1-19-13-3-2-4-16(9-13)21(18)11-15-8-7-14(20-15)10-17-12-5-6-12/h2-4,7-9,12,17H,5-6,10-11H2,1H3. The molecule has 5 heteroatoms. The highest BCUT2D eigenvalue weighted by molar-refractivity contribution is 7.84. The molecule has 1 unspecified atom stereocenters. The molecule has 21 heavy (non-hydrogen) atoms. The molecule has 1 atom stereocenters. The zero-order valence-electron chi connectivity index (χ0n) is 12.0. The topological polar surface area (TPSA) is 51.5 Å². The van der Waals surface area contributed by atoms with Crippen LogP contribution >= 0.6 is 0 Å². The molecular weight excluding hydrogens is 286 g/mol. The molecule has 1 N–H and O–H groups in total. The van der Waals surface area contributed by atoms with Crippen LogP contribution in [0.3, 0.4) is 0 Å². The summed E-state index contributed by atoms with van der Waals surface area (Å²) < 4.78 is 23.2. The van der Waals surface area contributed by atoms with Crippen LogP contribution in [-0.4, -0.2) is 17.4 Å². The Labute approximate surface area is 127 Å². The summed E-state index contributed by atoms with van der Waals surface area (Å²) in [4.78, 5) is 0.753. The molecule has 0 amide bonds. The van der Waals surface area contributed by atoms with Crippen LogP contribution in [0, 0.1) is 0 Å². The largest absolute Gasteiger partial charge is 0.497 e. The van der Waals surface area contributed by atoms with E-state index in [4.69, 9.17) is 9.15 Å². The highest BCUT2D eigenvalue weighted by atomic mass is 32.2. The second-order valence-corrected chi connectivity index (χ2v) is 6.64. The van der Waals surface area contributed by atoms with Crippen LogP contribution in [0.5, 0.6) is 5.75 Å². The predicted molar refractivity (Wildman–Crippen MR) is 81.7 cm³/mol. The van der Waals surface area contributed by atoms with Gasteiger partial charge < -0.3 is 14.5 Å². The van der Waals surface area contributed by atoms with Gasteiger partial charge in [-0.1, -0.05) is 6.07 Å². The Morgan fingerprint density at radius 3 is 2.86 bits per heavy atom. The molecule has 2 aromatic rings. The van der Waals surface area contributed by atoms with Crippen molar-refractivity contribution in [1.82, 2.24) is 5.32 Å². The highest BCUT2D eigenvalue weighted by Gasteiger charge is 2.20. The molecule has 4 nitrogen and oxygen atoms in total. The minimum atomic E-state index is -1.13. The predicted octanol–water partition coefficient (Wildman–Crippen LogP) is 2.85. The van der Waals surface area contributed by atoms with Crippen molar-refractivity contribution >= 4 is 10.8 Å². The number of furan rings is 1. The third-order valence-corrected chi connectivity index (χ3v) is 4.76. The Kier molecular flexibility index (Phi) is 4.41. The molecule has 0 radical (unpaired) electrons. The zero-order chi connectivity index (χ0) is 14.7. The molecule has 1 aliphatic carbocycles. The van der Waals surface area contributed by atoms with Crippen LogP contribution in [0.2, 0.25) is 0 Å². The summed E-state index contributed by atoms with van der Waals surface area (Å²) in [5, 5.41) is 3.40. The normalized spacial score (nSPS) is 15.9. The molecule has 1 aromatic heterocycles. The first-order valence-corrected chi connectivity index (χ1v) is 8.40. The summed E-state index contributed by atoms with van der Waals surface area (Å²) in [6.45, 7) is 0.746. The van der Waals surface area contributed by atoms with Gasteiger partial charge in [-0.05, 0) is 43.2 Å². The van der Waals surface area contributed by atoms with E-state index in [-0.39, 0.29) is 0 Å². The number of hydrogen-bond donors (Lipinski definition) is 1. The lowest BCUT2D eigenvalue weighted by atomic mass is 10.3.